The minimum absolute atomic E-state index is 0.0472. The van der Waals surface area contributed by atoms with Crippen molar-refractivity contribution in [2.45, 2.75) is 69.1 Å². The molecule has 4 rings (SSSR count). The summed E-state index contributed by atoms with van der Waals surface area (Å²) < 4.78 is 30.6. The number of imidazole rings is 1. The fourth-order valence-corrected chi connectivity index (χ4v) is 6.32. The van der Waals surface area contributed by atoms with Crippen molar-refractivity contribution in [3.63, 3.8) is 0 Å². The second-order valence-electron chi connectivity index (χ2n) is 8.66. The zero-order chi connectivity index (χ0) is 23.3. The van der Waals surface area contributed by atoms with Crippen LogP contribution >= 0.6 is 11.3 Å². The summed E-state index contributed by atoms with van der Waals surface area (Å²) in [6.07, 6.45) is 1.77. The summed E-state index contributed by atoms with van der Waals surface area (Å²) in [5.41, 5.74) is 0.738. The Morgan fingerprint density at radius 1 is 1.28 bits per heavy atom. The van der Waals surface area contributed by atoms with E-state index in [-0.39, 0.29) is 16.5 Å². The second-order valence-corrected chi connectivity index (χ2v) is 11.3. The molecule has 3 N–H and O–H groups in total. The molecule has 11 heteroatoms. The van der Waals surface area contributed by atoms with Gasteiger partial charge in [0, 0.05) is 11.6 Å². The Bertz CT molecular complexity index is 1310. The van der Waals surface area contributed by atoms with E-state index in [4.69, 9.17) is 0 Å². The zero-order valence-electron chi connectivity index (χ0n) is 18.0. The lowest BCUT2D eigenvalue weighted by atomic mass is 9.94. The van der Waals surface area contributed by atoms with Crippen LogP contribution in [0.25, 0.3) is 16.2 Å². The van der Waals surface area contributed by atoms with Crippen LogP contribution in [-0.2, 0) is 15.6 Å². The van der Waals surface area contributed by atoms with Crippen LogP contribution in [0.4, 0.5) is 0 Å². The molecule has 1 aliphatic carbocycles. The summed E-state index contributed by atoms with van der Waals surface area (Å²) in [5.74, 6) is 0. The molecule has 0 aliphatic heterocycles. The van der Waals surface area contributed by atoms with Gasteiger partial charge in [0.25, 0.3) is 0 Å². The minimum atomic E-state index is -3.96. The number of sulfonamides is 1. The lowest BCUT2D eigenvalue weighted by molar-refractivity contribution is 0.0773. The fraction of sp³-hybridized carbons (Fsp3) is 0.476. The summed E-state index contributed by atoms with van der Waals surface area (Å²) in [4.78, 5) is 5.00. The lowest BCUT2D eigenvalue weighted by Gasteiger charge is -2.26. The molecule has 1 aliphatic rings. The Morgan fingerprint density at radius 3 is 2.59 bits per heavy atom. The first-order valence-corrected chi connectivity index (χ1v) is 12.6. The van der Waals surface area contributed by atoms with Gasteiger partial charge < -0.3 is 10.2 Å². The van der Waals surface area contributed by atoms with Gasteiger partial charge in [0.1, 0.15) is 21.6 Å². The number of aliphatic hydroxyl groups is 2. The first-order valence-electron chi connectivity index (χ1n) is 10.3. The van der Waals surface area contributed by atoms with Gasteiger partial charge in [-0.2, -0.15) is 10.4 Å². The molecule has 1 aromatic carbocycles. The maximum atomic E-state index is 13.2. The van der Waals surface area contributed by atoms with Gasteiger partial charge in [-0.1, -0.05) is 17.4 Å². The normalized spacial score (nSPS) is 19.9. The highest BCUT2D eigenvalue weighted by atomic mass is 32.2. The van der Waals surface area contributed by atoms with Crippen LogP contribution in [0.1, 0.15) is 55.8 Å². The molecule has 32 heavy (non-hydrogen) atoms. The number of aliphatic hydroxyl groups excluding tert-OH is 1. The van der Waals surface area contributed by atoms with Gasteiger partial charge in [-0.25, -0.2) is 22.6 Å². The molecular weight excluding hydrogens is 450 g/mol. The molecule has 0 spiro atoms. The number of fused-ring (bicyclic) bond motifs is 1. The van der Waals surface area contributed by atoms with Crippen molar-refractivity contribution in [1.29, 1.82) is 5.26 Å². The largest absolute Gasteiger partial charge is 0.393 e. The van der Waals surface area contributed by atoms with Gasteiger partial charge in [-0.15, -0.1) is 0 Å². The Kier molecular flexibility index (Phi) is 5.85. The third kappa shape index (κ3) is 4.29. The molecule has 3 aromatic rings. The van der Waals surface area contributed by atoms with E-state index in [1.165, 1.54) is 23.5 Å². The van der Waals surface area contributed by atoms with Crippen LogP contribution in [0, 0.1) is 18.3 Å². The molecule has 0 bridgehead atoms. The lowest BCUT2D eigenvalue weighted by Crippen LogP contribution is -2.38. The highest BCUT2D eigenvalue weighted by Crippen LogP contribution is 2.33. The van der Waals surface area contributed by atoms with Crippen molar-refractivity contribution in [2.75, 3.05) is 0 Å². The number of aromatic nitrogens is 3. The average molecular weight is 476 g/mol. The van der Waals surface area contributed by atoms with E-state index < -0.39 is 21.7 Å². The first-order chi connectivity index (χ1) is 15.0. The second kappa shape index (κ2) is 8.20. The Hall–Kier alpha value is -2.36. The maximum Gasteiger partial charge on any atom is 0.242 e. The van der Waals surface area contributed by atoms with Crippen molar-refractivity contribution in [1.82, 2.24) is 19.3 Å². The number of hydrogen-bond acceptors (Lipinski definition) is 8. The number of rotatable bonds is 5. The third-order valence-corrected chi connectivity index (χ3v) is 8.37. The number of nitrogens with zero attached hydrogens (tertiary/aromatic N) is 4. The number of nitriles is 1. The molecule has 2 heterocycles. The van der Waals surface area contributed by atoms with Gasteiger partial charge in [0.2, 0.25) is 15.0 Å². The van der Waals surface area contributed by atoms with E-state index >= 15 is 0 Å². The van der Waals surface area contributed by atoms with Crippen LogP contribution in [-0.4, -0.2) is 45.4 Å². The van der Waals surface area contributed by atoms with E-state index in [0.717, 1.165) is 0 Å². The summed E-state index contributed by atoms with van der Waals surface area (Å²) in [7, 11) is -3.96. The molecule has 0 atom stereocenters. The van der Waals surface area contributed by atoms with Crippen molar-refractivity contribution < 1.29 is 18.6 Å². The fourth-order valence-electron chi connectivity index (χ4n) is 3.89. The van der Waals surface area contributed by atoms with Gasteiger partial charge >= 0.3 is 0 Å². The van der Waals surface area contributed by atoms with Crippen molar-refractivity contribution in [3.05, 3.63) is 34.5 Å². The molecule has 170 valence electrons. The Morgan fingerprint density at radius 2 is 1.97 bits per heavy atom. The van der Waals surface area contributed by atoms with E-state index in [1.807, 2.05) is 6.07 Å². The van der Waals surface area contributed by atoms with Crippen LogP contribution in [0.3, 0.4) is 0 Å². The minimum Gasteiger partial charge on any atom is -0.393 e. The third-order valence-electron chi connectivity index (χ3n) is 5.58. The number of nitrogens with one attached hydrogen (secondary N) is 1. The van der Waals surface area contributed by atoms with E-state index in [0.29, 0.717) is 52.6 Å². The van der Waals surface area contributed by atoms with Gasteiger partial charge in [0.15, 0.2) is 0 Å². The molecule has 1 fully saturated rings. The highest BCUT2D eigenvalue weighted by molar-refractivity contribution is 7.89. The number of hydrogen-bond donors (Lipinski definition) is 3. The van der Waals surface area contributed by atoms with Crippen LogP contribution in [0.5, 0.6) is 0 Å². The first kappa shape index (κ1) is 22.8. The van der Waals surface area contributed by atoms with E-state index in [2.05, 4.69) is 14.8 Å². The van der Waals surface area contributed by atoms with Gasteiger partial charge in [-0.05, 0) is 58.6 Å². The predicted molar refractivity (Wildman–Crippen MR) is 120 cm³/mol. The zero-order valence-corrected chi connectivity index (χ0v) is 19.7. The summed E-state index contributed by atoms with van der Waals surface area (Å²) in [6.45, 7) is 5.08. The van der Waals surface area contributed by atoms with Crippen molar-refractivity contribution in [3.8, 4) is 17.3 Å². The summed E-state index contributed by atoms with van der Waals surface area (Å²) in [5, 5.41) is 34.5. The average Bonchev–Trinajstić information content (AvgIpc) is 3.26. The standard InChI is InChI=1S/C21H25N5O4S2/c1-12-18(26-20(23-12)31-19(24-26)21(2,3)28)13-4-5-14(11-22)17(10-13)32(29,30)25-15-6-8-16(27)9-7-15/h4-5,10,15-16,25,27-28H,6-9H2,1-3H3. The topological polar surface area (TPSA) is 141 Å². The van der Waals surface area contributed by atoms with Crippen LogP contribution in [0.15, 0.2) is 23.1 Å². The molecule has 0 saturated heterocycles. The molecule has 2 aromatic heterocycles. The quantitative estimate of drug-likeness (QED) is 0.515. The van der Waals surface area contributed by atoms with Crippen LogP contribution < -0.4 is 4.72 Å². The number of benzene rings is 1. The number of aryl methyl sites for hydroxylation is 1. The Balaban J connectivity index is 1.77. The molecule has 0 radical (unpaired) electrons. The van der Waals surface area contributed by atoms with Crippen molar-refractivity contribution in [2.24, 2.45) is 0 Å². The summed E-state index contributed by atoms with van der Waals surface area (Å²) in [6, 6.07) is 6.31. The van der Waals surface area contributed by atoms with Gasteiger partial charge in [-0.3, -0.25) is 0 Å². The SMILES string of the molecule is Cc1nc2sc(C(C)(C)O)nn2c1-c1ccc(C#N)c(S(=O)(=O)NC2CCC(O)CC2)c1. The van der Waals surface area contributed by atoms with E-state index in [9.17, 15) is 23.9 Å². The highest BCUT2D eigenvalue weighted by Gasteiger charge is 2.28. The summed E-state index contributed by atoms with van der Waals surface area (Å²) >= 11 is 1.26. The molecular formula is C21H25N5O4S2. The van der Waals surface area contributed by atoms with Gasteiger partial charge in [0.05, 0.1) is 23.1 Å². The predicted octanol–water partition coefficient (Wildman–Crippen LogP) is 2.45. The molecule has 1 saturated carbocycles. The Labute approximate surface area is 190 Å². The van der Waals surface area contributed by atoms with E-state index in [1.54, 1.807) is 31.4 Å². The van der Waals surface area contributed by atoms with Crippen molar-refractivity contribution >= 4 is 26.3 Å². The molecule has 0 amide bonds. The molecule has 9 nitrogen and oxygen atoms in total. The van der Waals surface area contributed by atoms with Crippen LogP contribution in [0.2, 0.25) is 0 Å². The monoisotopic (exact) mass is 475 g/mol. The molecule has 0 unspecified atom stereocenters. The maximum absolute atomic E-state index is 13.2. The smallest absolute Gasteiger partial charge is 0.242 e.